The SMILES string of the molecule is Cc1[nH]c2ccccc2c1N=Nc1nn(C)c(N=Nc2c(C)[nH]c3ccccc23)[n+]1C. The third-order valence-electron chi connectivity index (χ3n) is 5.33. The number of H-pyrrole nitrogens is 2. The monoisotopic (exact) mass is 412 g/mol. The lowest BCUT2D eigenvalue weighted by Crippen LogP contribution is -2.26. The van der Waals surface area contributed by atoms with Gasteiger partial charge in [-0.2, -0.15) is 0 Å². The fourth-order valence-corrected chi connectivity index (χ4v) is 3.74. The zero-order chi connectivity index (χ0) is 21.5. The largest absolute Gasteiger partial charge is 0.404 e. The number of azo groups is 2. The summed E-state index contributed by atoms with van der Waals surface area (Å²) >= 11 is 0. The second-order valence-electron chi connectivity index (χ2n) is 7.47. The zero-order valence-electron chi connectivity index (χ0n) is 17.7. The van der Waals surface area contributed by atoms with Crippen molar-refractivity contribution in [1.82, 2.24) is 19.7 Å². The number of benzene rings is 2. The van der Waals surface area contributed by atoms with Gasteiger partial charge in [-0.15, -0.1) is 4.68 Å². The first-order valence-corrected chi connectivity index (χ1v) is 9.94. The van der Waals surface area contributed by atoms with Gasteiger partial charge in [0.25, 0.3) is 0 Å². The summed E-state index contributed by atoms with van der Waals surface area (Å²) in [5, 5.41) is 24.3. The highest BCUT2D eigenvalue weighted by Gasteiger charge is 2.20. The Balaban J connectivity index is 1.49. The molecule has 2 aromatic carbocycles. The van der Waals surface area contributed by atoms with E-state index in [1.165, 1.54) is 0 Å². The summed E-state index contributed by atoms with van der Waals surface area (Å²) in [5.74, 6) is 1.01. The van der Waals surface area contributed by atoms with Crippen LogP contribution < -0.4 is 4.57 Å². The normalized spacial score (nSPS) is 12.3. The van der Waals surface area contributed by atoms with Gasteiger partial charge in [-0.3, -0.25) is 0 Å². The summed E-state index contributed by atoms with van der Waals surface area (Å²) in [7, 11) is 3.66. The van der Waals surface area contributed by atoms with Crippen LogP contribution in [0.2, 0.25) is 0 Å². The lowest BCUT2D eigenvalue weighted by molar-refractivity contribution is -0.646. The van der Waals surface area contributed by atoms with Crippen molar-refractivity contribution in [2.45, 2.75) is 13.8 Å². The summed E-state index contributed by atoms with van der Waals surface area (Å²) < 4.78 is 3.41. The molecule has 0 unspecified atom stereocenters. The van der Waals surface area contributed by atoms with Crippen molar-refractivity contribution in [2.24, 2.45) is 34.6 Å². The van der Waals surface area contributed by atoms with E-state index in [-0.39, 0.29) is 0 Å². The Labute approximate surface area is 178 Å². The van der Waals surface area contributed by atoms with E-state index in [2.05, 4.69) is 35.5 Å². The highest BCUT2D eigenvalue weighted by Crippen LogP contribution is 2.32. The summed E-state index contributed by atoms with van der Waals surface area (Å²) in [4.78, 5) is 6.66. The molecule has 3 heterocycles. The number of nitrogens with one attached hydrogen (secondary N) is 2. The van der Waals surface area contributed by atoms with Crippen LogP contribution >= 0.6 is 0 Å². The molecule has 0 atom stereocenters. The third-order valence-corrected chi connectivity index (χ3v) is 5.33. The van der Waals surface area contributed by atoms with Gasteiger partial charge in [-0.1, -0.05) is 46.6 Å². The zero-order valence-corrected chi connectivity index (χ0v) is 17.7. The van der Waals surface area contributed by atoms with Gasteiger partial charge >= 0.3 is 11.9 Å². The number of hydrogen-bond donors (Lipinski definition) is 2. The van der Waals surface area contributed by atoms with Crippen LogP contribution in [-0.2, 0) is 14.1 Å². The standard InChI is InChI=1S/C22H21N9/c1-13-19(15-9-5-7-11-17(15)23-13)25-27-21-29-31(4)22(30(21)3)28-26-20-14(2)24-18-12-8-6-10-16(18)20/h5-12H,1-4H3,(H,23,27,29)/p+1. The molecular weight excluding hydrogens is 390 g/mol. The lowest BCUT2D eigenvalue weighted by atomic mass is 10.2. The summed E-state index contributed by atoms with van der Waals surface area (Å²) in [6.45, 7) is 3.97. The van der Waals surface area contributed by atoms with Crippen molar-refractivity contribution >= 4 is 45.1 Å². The summed E-state index contributed by atoms with van der Waals surface area (Å²) in [6, 6.07) is 16.1. The first-order chi connectivity index (χ1) is 15.0. The van der Waals surface area contributed by atoms with E-state index in [9.17, 15) is 0 Å². The molecule has 31 heavy (non-hydrogen) atoms. The molecule has 0 saturated heterocycles. The molecule has 0 spiro atoms. The van der Waals surface area contributed by atoms with Crippen molar-refractivity contribution in [1.29, 1.82) is 0 Å². The van der Waals surface area contributed by atoms with Gasteiger partial charge in [-0.05, 0) is 36.2 Å². The minimum absolute atomic E-state index is 0.441. The third kappa shape index (κ3) is 3.20. The van der Waals surface area contributed by atoms with E-state index in [1.54, 1.807) is 9.25 Å². The maximum Gasteiger partial charge on any atom is 0.404 e. The number of nitrogens with zero attached hydrogens (tertiary/aromatic N) is 7. The van der Waals surface area contributed by atoms with Crippen LogP contribution in [0, 0.1) is 13.8 Å². The van der Waals surface area contributed by atoms with E-state index in [0.717, 1.165) is 44.6 Å². The molecule has 9 nitrogen and oxygen atoms in total. The topological polar surface area (TPSA) is 103 Å². The van der Waals surface area contributed by atoms with Crippen molar-refractivity contribution in [3.05, 3.63) is 59.9 Å². The number of hydrogen-bond acceptors (Lipinski definition) is 5. The number of para-hydroxylation sites is 2. The lowest BCUT2D eigenvalue weighted by Gasteiger charge is -1.92. The second kappa shape index (κ2) is 7.28. The fourth-order valence-electron chi connectivity index (χ4n) is 3.74. The van der Waals surface area contributed by atoms with E-state index < -0.39 is 0 Å². The molecule has 9 heteroatoms. The summed E-state index contributed by atoms with van der Waals surface area (Å²) in [5.41, 5.74) is 5.60. The minimum atomic E-state index is 0.441. The Bertz CT molecular complexity index is 1480. The molecule has 0 bridgehead atoms. The Morgan fingerprint density at radius 1 is 0.774 bits per heavy atom. The van der Waals surface area contributed by atoms with Crippen LogP contribution in [0.1, 0.15) is 11.4 Å². The molecule has 3 aromatic heterocycles. The number of aromatic nitrogens is 5. The molecule has 0 radical (unpaired) electrons. The van der Waals surface area contributed by atoms with Crippen molar-refractivity contribution < 1.29 is 4.57 Å². The smallest absolute Gasteiger partial charge is 0.357 e. The number of rotatable bonds is 4. The first-order valence-electron chi connectivity index (χ1n) is 9.94. The van der Waals surface area contributed by atoms with Gasteiger partial charge in [0.15, 0.2) is 0 Å². The average molecular weight is 412 g/mol. The van der Waals surface area contributed by atoms with E-state index in [1.807, 2.05) is 76.5 Å². The van der Waals surface area contributed by atoms with Gasteiger partial charge < -0.3 is 9.97 Å². The molecule has 0 fully saturated rings. The van der Waals surface area contributed by atoms with Gasteiger partial charge in [0.1, 0.15) is 11.4 Å². The average Bonchev–Trinajstić information content (AvgIpc) is 3.35. The molecule has 154 valence electrons. The highest BCUT2D eigenvalue weighted by atomic mass is 15.5. The molecule has 0 aliphatic carbocycles. The number of fused-ring (bicyclic) bond motifs is 2. The van der Waals surface area contributed by atoms with Gasteiger partial charge in [0.05, 0.1) is 7.05 Å². The predicted octanol–water partition coefficient (Wildman–Crippen LogP) is 5.65. The van der Waals surface area contributed by atoms with Gasteiger partial charge in [0, 0.05) is 45.3 Å². The molecule has 0 aliphatic rings. The molecule has 5 rings (SSSR count). The first kappa shape index (κ1) is 18.9. The number of aryl methyl sites for hydroxylation is 3. The molecule has 0 aliphatic heterocycles. The summed E-state index contributed by atoms with van der Waals surface area (Å²) in [6.07, 6.45) is 0. The Hall–Kier alpha value is -4.14. The van der Waals surface area contributed by atoms with Crippen LogP contribution in [0.5, 0.6) is 0 Å². The van der Waals surface area contributed by atoms with Crippen LogP contribution in [0.15, 0.2) is 69.0 Å². The van der Waals surface area contributed by atoms with Crippen molar-refractivity contribution in [2.75, 3.05) is 0 Å². The van der Waals surface area contributed by atoms with Gasteiger partial charge in [0.2, 0.25) is 0 Å². The maximum atomic E-state index is 4.50. The van der Waals surface area contributed by atoms with Crippen LogP contribution in [0.25, 0.3) is 21.8 Å². The molecule has 0 saturated carbocycles. The van der Waals surface area contributed by atoms with Gasteiger partial charge in [-0.25, -0.2) is 4.57 Å². The minimum Gasteiger partial charge on any atom is -0.357 e. The molecular formula is C22H22N9+. The van der Waals surface area contributed by atoms with E-state index in [0.29, 0.717) is 11.9 Å². The predicted molar refractivity (Wildman–Crippen MR) is 119 cm³/mol. The fraction of sp³-hybridized carbons (Fsp3) is 0.182. The Kier molecular flexibility index (Phi) is 4.43. The second-order valence-corrected chi connectivity index (χ2v) is 7.47. The van der Waals surface area contributed by atoms with Crippen LogP contribution in [0.4, 0.5) is 23.3 Å². The number of aromatic amines is 2. The molecule has 0 amide bonds. The molecule has 2 N–H and O–H groups in total. The van der Waals surface area contributed by atoms with Crippen molar-refractivity contribution in [3.63, 3.8) is 0 Å². The van der Waals surface area contributed by atoms with Crippen molar-refractivity contribution in [3.8, 4) is 0 Å². The quantitative estimate of drug-likeness (QED) is 0.289. The van der Waals surface area contributed by atoms with E-state index in [4.69, 9.17) is 0 Å². The van der Waals surface area contributed by atoms with Crippen LogP contribution in [0.3, 0.4) is 0 Å². The molecule has 5 aromatic rings. The Morgan fingerprint density at radius 2 is 1.29 bits per heavy atom. The van der Waals surface area contributed by atoms with Crippen LogP contribution in [-0.4, -0.2) is 19.7 Å². The maximum absolute atomic E-state index is 4.50. The Morgan fingerprint density at radius 3 is 1.87 bits per heavy atom. The highest BCUT2D eigenvalue weighted by molar-refractivity contribution is 5.93. The van der Waals surface area contributed by atoms with E-state index >= 15 is 0 Å².